The average molecular weight is 664 g/mol. The van der Waals surface area contributed by atoms with E-state index in [4.69, 9.17) is 14.3 Å². The predicted octanol–water partition coefficient (Wildman–Crippen LogP) is 6.00. The number of carbonyl (C=O) groups is 2. The van der Waals surface area contributed by atoms with E-state index < -0.39 is 15.6 Å². The zero-order valence-electron chi connectivity index (χ0n) is 28.0. The summed E-state index contributed by atoms with van der Waals surface area (Å²) < 4.78 is 40.9. The summed E-state index contributed by atoms with van der Waals surface area (Å²) in [6.45, 7) is 11.3. The van der Waals surface area contributed by atoms with E-state index in [9.17, 15) is 18.0 Å². The molecule has 0 saturated carbocycles. The largest absolute Gasteiger partial charge is 0.377 e. The van der Waals surface area contributed by atoms with Crippen LogP contribution in [-0.2, 0) is 37.5 Å². The van der Waals surface area contributed by atoms with Crippen LogP contribution in [0.25, 0.3) is 11.1 Å². The third-order valence-electron chi connectivity index (χ3n) is 9.00. The van der Waals surface area contributed by atoms with Crippen molar-refractivity contribution in [3.8, 4) is 11.1 Å². The summed E-state index contributed by atoms with van der Waals surface area (Å²) >= 11 is 0. The number of aliphatic imine (C=N–C) groups is 1. The number of benzene rings is 2. The Hall–Kier alpha value is -4.03. The molecule has 11 nitrogen and oxygen atoms in total. The molecule has 0 radical (unpaired) electrons. The molecule has 3 aromatic rings. The predicted molar refractivity (Wildman–Crippen MR) is 180 cm³/mol. The van der Waals surface area contributed by atoms with Crippen LogP contribution in [-0.4, -0.2) is 66.3 Å². The zero-order valence-corrected chi connectivity index (χ0v) is 28.8. The van der Waals surface area contributed by atoms with Crippen molar-refractivity contribution in [2.24, 2.45) is 4.99 Å². The van der Waals surface area contributed by atoms with Crippen LogP contribution in [0.2, 0.25) is 0 Å². The molecule has 1 saturated heterocycles. The van der Waals surface area contributed by atoms with E-state index in [2.05, 4.69) is 16.8 Å². The van der Waals surface area contributed by atoms with Gasteiger partial charge in [-0.3, -0.25) is 24.2 Å². The first-order valence-corrected chi connectivity index (χ1v) is 17.9. The SMILES string of the molecule is CCCCC1=N[C@@]2(CCCN(C(=O)CC)C2)C(=O)N1Cc1ccc(-c2ccccc2S(=O)(=O)Nc2noc(C)c2C)c(COCC)c1. The number of aromatic nitrogens is 1. The van der Waals surface area contributed by atoms with E-state index in [1.54, 1.807) is 47.9 Å². The lowest BCUT2D eigenvalue weighted by Crippen LogP contribution is -2.54. The highest BCUT2D eigenvalue weighted by Gasteiger charge is 2.50. The molecule has 2 aliphatic rings. The Labute approximate surface area is 277 Å². The van der Waals surface area contributed by atoms with Crippen LogP contribution in [0.1, 0.15) is 81.7 Å². The number of amidine groups is 1. The molecule has 252 valence electrons. The Morgan fingerprint density at radius 2 is 1.89 bits per heavy atom. The van der Waals surface area contributed by atoms with Crippen LogP contribution in [0.4, 0.5) is 5.82 Å². The monoisotopic (exact) mass is 663 g/mol. The van der Waals surface area contributed by atoms with Gasteiger partial charge in [0.2, 0.25) is 5.91 Å². The number of likely N-dealkylation sites (tertiary alicyclic amines) is 1. The van der Waals surface area contributed by atoms with Crippen molar-refractivity contribution >= 4 is 33.5 Å². The molecule has 1 atom stereocenters. The third-order valence-corrected chi connectivity index (χ3v) is 10.4. The average Bonchev–Trinajstić information content (AvgIpc) is 3.51. The minimum absolute atomic E-state index is 0.0422. The molecule has 1 N–H and O–H groups in total. The van der Waals surface area contributed by atoms with E-state index in [1.807, 2.05) is 32.0 Å². The number of nitrogens with one attached hydrogen (secondary N) is 1. The number of aryl methyl sites for hydroxylation is 1. The Morgan fingerprint density at radius 3 is 2.60 bits per heavy atom. The van der Waals surface area contributed by atoms with Crippen molar-refractivity contribution in [3.63, 3.8) is 0 Å². The number of piperidine rings is 1. The van der Waals surface area contributed by atoms with Gasteiger partial charge in [-0.15, -0.1) is 0 Å². The minimum atomic E-state index is -4.03. The summed E-state index contributed by atoms with van der Waals surface area (Å²) in [5.41, 5.74) is 2.57. The molecule has 1 fully saturated rings. The number of hydrogen-bond donors (Lipinski definition) is 1. The first-order chi connectivity index (χ1) is 22.5. The Balaban J connectivity index is 1.48. The van der Waals surface area contributed by atoms with Gasteiger partial charge >= 0.3 is 0 Å². The molecule has 1 spiro atoms. The first kappa shape index (κ1) is 34.3. The number of carbonyl (C=O) groups excluding carboxylic acids is 2. The maximum absolute atomic E-state index is 14.2. The maximum Gasteiger partial charge on any atom is 0.263 e. The van der Waals surface area contributed by atoms with Crippen molar-refractivity contribution < 1.29 is 27.3 Å². The van der Waals surface area contributed by atoms with Crippen LogP contribution < -0.4 is 4.72 Å². The lowest BCUT2D eigenvalue weighted by atomic mass is 9.88. The Kier molecular flexibility index (Phi) is 10.5. The van der Waals surface area contributed by atoms with Crippen molar-refractivity contribution in [2.75, 3.05) is 24.4 Å². The van der Waals surface area contributed by atoms with Gasteiger partial charge in [-0.2, -0.15) is 0 Å². The fraction of sp³-hybridized carbons (Fsp3) is 0.486. The van der Waals surface area contributed by atoms with Crippen molar-refractivity contribution in [2.45, 2.75) is 96.7 Å². The number of anilines is 1. The minimum Gasteiger partial charge on any atom is -0.377 e. The fourth-order valence-corrected chi connectivity index (χ4v) is 7.57. The van der Waals surface area contributed by atoms with Gasteiger partial charge in [0, 0.05) is 37.1 Å². The van der Waals surface area contributed by atoms with Gasteiger partial charge in [0.1, 0.15) is 11.6 Å². The van der Waals surface area contributed by atoms with Gasteiger partial charge in [0.05, 0.1) is 24.6 Å². The number of amides is 2. The van der Waals surface area contributed by atoms with Gasteiger partial charge in [-0.05, 0) is 62.8 Å². The van der Waals surface area contributed by atoms with Crippen molar-refractivity contribution in [1.29, 1.82) is 0 Å². The quantitative estimate of drug-likeness (QED) is 0.237. The normalized spacial score (nSPS) is 18.2. The lowest BCUT2D eigenvalue weighted by molar-refractivity contribution is -0.138. The highest BCUT2D eigenvalue weighted by molar-refractivity contribution is 7.92. The summed E-state index contributed by atoms with van der Waals surface area (Å²) in [4.78, 5) is 35.5. The number of hydrogen-bond acceptors (Lipinski definition) is 8. The molecular formula is C35H45N5O6S. The van der Waals surface area contributed by atoms with E-state index in [-0.39, 0.29) is 29.1 Å². The topological polar surface area (TPSA) is 134 Å². The van der Waals surface area contributed by atoms with Gasteiger partial charge in [-0.1, -0.05) is 61.8 Å². The summed E-state index contributed by atoms with van der Waals surface area (Å²) in [5, 5.41) is 3.88. The molecule has 47 heavy (non-hydrogen) atoms. The number of rotatable bonds is 13. The second-order valence-electron chi connectivity index (χ2n) is 12.3. The van der Waals surface area contributed by atoms with Gasteiger partial charge in [-0.25, -0.2) is 8.42 Å². The van der Waals surface area contributed by atoms with Gasteiger partial charge in [0.25, 0.3) is 15.9 Å². The second kappa shape index (κ2) is 14.4. The number of nitrogens with zero attached hydrogens (tertiary/aromatic N) is 4. The smallest absolute Gasteiger partial charge is 0.263 e. The highest BCUT2D eigenvalue weighted by Crippen LogP contribution is 2.36. The van der Waals surface area contributed by atoms with E-state index in [0.29, 0.717) is 68.0 Å². The maximum atomic E-state index is 14.2. The molecule has 0 bridgehead atoms. The molecule has 2 amide bonds. The molecule has 3 heterocycles. The molecule has 2 aromatic carbocycles. The van der Waals surface area contributed by atoms with E-state index >= 15 is 0 Å². The summed E-state index contributed by atoms with van der Waals surface area (Å²) in [7, 11) is -4.03. The van der Waals surface area contributed by atoms with Crippen LogP contribution in [0.5, 0.6) is 0 Å². The summed E-state index contributed by atoms with van der Waals surface area (Å²) in [5.74, 6) is 1.43. The Morgan fingerprint density at radius 1 is 1.11 bits per heavy atom. The van der Waals surface area contributed by atoms with Crippen LogP contribution in [0.15, 0.2) is 56.9 Å². The van der Waals surface area contributed by atoms with E-state index in [1.165, 1.54) is 0 Å². The fourth-order valence-electron chi connectivity index (χ4n) is 6.29. The van der Waals surface area contributed by atoms with Crippen LogP contribution in [0, 0.1) is 13.8 Å². The van der Waals surface area contributed by atoms with Crippen LogP contribution >= 0.6 is 0 Å². The van der Waals surface area contributed by atoms with Crippen molar-refractivity contribution in [1.82, 2.24) is 15.0 Å². The molecular weight excluding hydrogens is 618 g/mol. The molecule has 5 rings (SSSR count). The third kappa shape index (κ3) is 7.13. The lowest BCUT2D eigenvalue weighted by Gasteiger charge is -2.37. The highest BCUT2D eigenvalue weighted by atomic mass is 32.2. The van der Waals surface area contributed by atoms with Gasteiger partial charge < -0.3 is 14.2 Å². The molecule has 12 heteroatoms. The summed E-state index contributed by atoms with van der Waals surface area (Å²) in [6, 6.07) is 12.6. The molecule has 1 aromatic heterocycles. The first-order valence-electron chi connectivity index (χ1n) is 16.5. The molecule has 0 aliphatic carbocycles. The Bertz CT molecular complexity index is 1770. The van der Waals surface area contributed by atoms with Gasteiger partial charge in [0.15, 0.2) is 11.4 Å². The number of unbranched alkanes of at least 4 members (excludes halogenated alkanes) is 1. The molecule has 0 unspecified atom stereocenters. The number of ether oxygens (including phenoxy) is 1. The second-order valence-corrected chi connectivity index (χ2v) is 13.9. The zero-order chi connectivity index (χ0) is 33.8. The standard InChI is InChI=1S/C35H45N5O6S/c1-6-9-15-31-36-35(18-12-19-39(23-35)32(41)7-2)34(42)40(31)21-26-16-17-28(27(20-26)22-45-8-3)29-13-10-11-14-30(29)47(43,44)38-33-24(4)25(5)46-37-33/h10-11,13-14,16-17,20H,6-9,12,15,18-19,21-23H2,1-5H3,(H,37,38)/t35-/m1/s1. The molecule has 2 aliphatic heterocycles. The van der Waals surface area contributed by atoms with E-state index in [0.717, 1.165) is 36.2 Å². The summed E-state index contributed by atoms with van der Waals surface area (Å²) in [6.07, 6.45) is 4.29. The van der Waals surface area contributed by atoms with Crippen LogP contribution in [0.3, 0.4) is 0 Å². The number of sulfonamides is 1. The van der Waals surface area contributed by atoms with Crippen molar-refractivity contribution in [3.05, 3.63) is 64.9 Å².